The van der Waals surface area contributed by atoms with Gasteiger partial charge in [-0.15, -0.1) is 0 Å². The largest absolute Gasteiger partial charge is 0.313 e. The summed E-state index contributed by atoms with van der Waals surface area (Å²) in [7, 11) is 0. The maximum absolute atomic E-state index is 3.65. The van der Waals surface area contributed by atoms with E-state index in [-0.39, 0.29) is 0 Å². The summed E-state index contributed by atoms with van der Waals surface area (Å²) in [6.07, 6.45) is 4.76. The Morgan fingerprint density at radius 1 is 1.47 bits per heavy atom. The molecule has 0 spiro atoms. The van der Waals surface area contributed by atoms with Crippen molar-refractivity contribution >= 4 is 27.7 Å². The van der Waals surface area contributed by atoms with Crippen LogP contribution in [0.5, 0.6) is 0 Å². The maximum Gasteiger partial charge on any atom is 0.0178 e. The number of benzene rings is 1. The Labute approximate surface area is 117 Å². The molecule has 1 nitrogen and oxygen atoms in total. The van der Waals surface area contributed by atoms with Crippen LogP contribution in [0.1, 0.15) is 31.2 Å². The van der Waals surface area contributed by atoms with Gasteiger partial charge >= 0.3 is 0 Å². The van der Waals surface area contributed by atoms with Gasteiger partial charge in [-0.05, 0) is 42.7 Å². The SMILES string of the molecule is CSC(C)CNC1CC(c2cccc(Br)c2)C1. The van der Waals surface area contributed by atoms with Gasteiger partial charge in [-0.1, -0.05) is 35.0 Å². The molecule has 1 aliphatic rings. The van der Waals surface area contributed by atoms with Gasteiger partial charge in [0.2, 0.25) is 0 Å². The average Bonchev–Trinajstić information content (AvgIpc) is 2.26. The molecule has 94 valence electrons. The molecule has 1 aromatic rings. The minimum absolute atomic E-state index is 0.722. The van der Waals surface area contributed by atoms with Crippen LogP contribution in [-0.2, 0) is 0 Å². The van der Waals surface area contributed by atoms with E-state index in [1.54, 1.807) is 0 Å². The topological polar surface area (TPSA) is 12.0 Å². The van der Waals surface area contributed by atoms with Gasteiger partial charge in [-0.2, -0.15) is 11.8 Å². The fourth-order valence-corrected chi connectivity index (χ4v) is 2.91. The van der Waals surface area contributed by atoms with E-state index in [2.05, 4.69) is 58.7 Å². The van der Waals surface area contributed by atoms with E-state index < -0.39 is 0 Å². The van der Waals surface area contributed by atoms with Crippen molar-refractivity contribution in [1.82, 2.24) is 5.32 Å². The molecule has 1 aromatic carbocycles. The third-order valence-corrected chi connectivity index (χ3v) is 5.02. The van der Waals surface area contributed by atoms with Crippen LogP contribution in [0.3, 0.4) is 0 Å². The van der Waals surface area contributed by atoms with E-state index in [0.29, 0.717) is 0 Å². The summed E-state index contributed by atoms with van der Waals surface area (Å²) < 4.78 is 1.20. The monoisotopic (exact) mass is 313 g/mol. The minimum Gasteiger partial charge on any atom is -0.313 e. The highest BCUT2D eigenvalue weighted by atomic mass is 79.9. The normalized spacial score (nSPS) is 25.4. The van der Waals surface area contributed by atoms with Crippen LogP contribution in [0.2, 0.25) is 0 Å². The van der Waals surface area contributed by atoms with Gasteiger partial charge in [-0.3, -0.25) is 0 Å². The molecular weight excluding hydrogens is 294 g/mol. The molecule has 3 heteroatoms. The van der Waals surface area contributed by atoms with Crippen molar-refractivity contribution in [1.29, 1.82) is 0 Å². The van der Waals surface area contributed by atoms with Gasteiger partial charge in [0, 0.05) is 22.3 Å². The van der Waals surface area contributed by atoms with Gasteiger partial charge in [-0.25, -0.2) is 0 Å². The summed E-state index contributed by atoms with van der Waals surface area (Å²) in [5.41, 5.74) is 1.48. The number of halogens is 1. The first kappa shape index (κ1) is 13.4. The van der Waals surface area contributed by atoms with E-state index >= 15 is 0 Å². The van der Waals surface area contributed by atoms with E-state index in [4.69, 9.17) is 0 Å². The summed E-state index contributed by atoms with van der Waals surface area (Å²) in [6.45, 7) is 3.42. The molecule has 0 aromatic heterocycles. The Balaban J connectivity index is 1.75. The van der Waals surface area contributed by atoms with Crippen LogP contribution in [0.25, 0.3) is 0 Å². The van der Waals surface area contributed by atoms with Gasteiger partial charge in [0.05, 0.1) is 0 Å². The van der Waals surface area contributed by atoms with Crippen LogP contribution < -0.4 is 5.32 Å². The molecule has 0 saturated heterocycles. The van der Waals surface area contributed by atoms with Crippen molar-refractivity contribution in [2.75, 3.05) is 12.8 Å². The first-order valence-corrected chi connectivity index (χ1v) is 8.28. The van der Waals surface area contributed by atoms with Crippen molar-refractivity contribution in [3.8, 4) is 0 Å². The molecule has 17 heavy (non-hydrogen) atoms. The lowest BCUT2D eigenvalue weighted by atomic mass is 9.76. The number of hydrogen-bond acceptors (Lipinski definition) is 2. The molecule has 0 radical (unpaired) electrons. The predicted molar refractivity (Wildman–Crippen MR) is 80.9 cm³/mol. The molecule has 1 unspecified atom stereocenters. The molecule has 1 N–H and O–H groups in total. The molecule has 0 heterocycles. The predicted octanol–water partition coefficient (Wildman–Crippen LogP) is 4.04. The molecule has 1 saturated carbocycles. The number of thioether (sulfide) groups is 1. The Hall–Kier alpha value is 0.01000. The van der Waals surface area contributed by atoms with Gasteiger partial charge < -0.3 is 5.32 Å². The summed E-state index contributed by atoms with van der Waals surface area (Å²) in [5, 5.41) is 4.37. The number of rotatable bonds is 5. The van der Waals surface area contributed by atoms with E-state index in [1.165, 1.54) is 22.9 Å². The number of nitrogens with one attached hydrogen (secondary N) is 1. The standard InChI is InChI=1S/C14H20BrNS/c1-10(17-2)9-16-14-7-12(8-14)11-4-3-5-13(15)6-11/h3-6,10,12,14,16H,7-9H2,1-2H3. The molecule has 1 atom stereocenters. The second-order valence-electron chi connectivity index (χ2n) is 4.87. The van der Waals surface area contributed by atoms with Crippen molar-refractivity contribution in [3.63, 3.8) is 0 Å². The van der Waals surface area contributed by atoms with Crippen LogP contribution in [0.15, 0.2) is 28.7 Å². The summed E-state index contributed by atoms with van der Waals surface area (Å²) in [6, 6.07) is 9.46. The lowest BCUT2D eigenvalue weighted by Crippen LogP contribution is -2.42. The zero-order chi connectivity index (χ0) is 12.3. The van der Waals surface area contributed by atoms with Crippen molar-refractivity contribution in [3.05, 3.63) is 34.3 Å². The second kappa shape index (κ2) is 6.26. The highest BCUT2D eigenvalue weighted by Crippen LogP contribution is 2.37. The third-order valence-electron chi connectivity index (χ3n) is 3.55. The molecule has 1 aliphatic carbocycles. The van der Waals surface area contributed by atoms with Crippen LogP contribution in [-0.4, -0.2) is 24.1 Å². The van der Waals surface area contributed by atoms with Crippen LogP contribution >= 0.6 is 27.7 Å². The third kappa shape index (κ3) is 3.73. The van der Waals surface area contributed by atoms with E-state index in [0.717, 1.165) is 23.8 Å². The quantitative estimate of drug-likeness (QED) is 0.880. The number of hydrogen-bond donors (Lipinski definition) is 1. The highest BCUT2D eigenvalue weighted by molar-refractivity contribution is 9.10. The Morgan fingerprint density at radius 2 is 2.24 bits per heavy atom. The second-order valence-corrected chi connectivity index (χ2v) is 7.07. The van der Waals surface area contributed by atoms with E-state index in [9.17, 15) is 0 Å². The Kier molecular flexibility index (Phi) is 4.95. The maximum atomic E-state index is 3.65. The van der Waals surface area contributed by atoms with Crippen molar-refractivity contribution < 1.29 is 0 Å². The molecule has 0 aliphatic heterocycles. The lowest BCUT2D eigenvalue weighted by molar-refractivity contribution is 0.293. The molecule has 0 bridgehead atoms. The van der Waals surface area contributed by atoms with Crippen molar-refractivity contribution in [2.45, 2.75) is 37.0 Å². The summed E-state index contributed by atoms with van der Waals surface area (Å²) in [4.78, 5) is 0. The lowest BCUT2D eigenvalue weighted by Gasteiger charge is -2.37. The van der Waals surface area contributed by atoms with Crippen LogP contribution in [0.4, 0.5) is 0 Å². The molecule has 1 fully saturated rings. The zero-order valence-electron chi connectivity index (χ0n) is 10.4. The smallest absolute Gasteiger partial charge is 0.0178 e. The molecule has 2 rings (SSSR count). The zero-order valence-corrected chi connectivity index (χ0v) is 12.9. The van der Waals surface area contributed by atoms with Crippen molar-refractivity contribution in [2.24, 2.45) is 0 Å². The van der Waals surface area contributed by atoms with Gasteiger partial charge in [0.25, 0.3) is 0 Å². The van der Waals surface area contributed by atoms with Crippen LogP contribution in [0, 0.1) is 0 Å². The summed E-state index contributed by atoms with van der Waals surface area (Å²) >= 11 is 5.47. The fourth-order valence-electron chi connectivity index (χ4n) is 2.23. The highest BCUT2D eigenvalue weighted by Gasteiger charge is 2.29. The minimum atomic E-state index is 0.722. The first-order chi connectivity index (χ1) is 8.19. The Morgan fingerprint density at radius 3 is 2.88 bits per heavy atom. The van der Waals surface area contributed by atoms with Gasteiger partial charge in [0.15, 0.2) is 0 Å². The Bertz CT molecular complexity index is 363. The van der Waals surface area contributed by atoms with E-state index in [1.807, 2.05) is 11.8 Å². The average molecular weight is 314 g/mol. The van der Waals surface area contributed by atoms with Gasteiger partial charge in [0.1, 0.15) is 0 Å². The molecular formula is C14H20BrNS. The first-order valence-electron chi connectivity index (χ1n) is 6.20. The molecule has 0 amide bonds. The summed E-state index contributed by atoms with van der Waals surface area (Å²) in [5.74, 6) is 0.759. The fraction of sp³-hybridized carbons (Fsp3) is 0.571.